The molecule has 0 unspecified atom stereocenters. The molecule has 0 heterocycles. The molecule has 0 spiro atoms. The number of methoxy groups -OCH3 is 1. The standard InChI is InChI=1S/C18H21NO2/c1-12-8-9-17(13(2)10-12)14(3)19-18(20)15-6-5-7-16(11-15)21-4/h5-11,14H,1-4H3,(H,19,20)/t14-/m0/s1. The molecule has 2 rings (SSSR count). The van der Waals surface area contributed by atoms with Crippen LogP contribution in [0.3, 0.4) is 0 Å². The number of ether oxygens (including phenoxy) is 1. The highest BCUT2D eigenvalue weighted by Gasteiger charge is 2.13. The molecule has 1 amide bonds. The van der Waals surface area contributed by atoms with Crippen LogP contribution in [-0.4, -0.2) is 13.0 Å². The number of carbonyl (C=O) groups is 1. The lowest BCUT2D eigenvalue weighted by molar-refractivity contribution is 0.0939. The average molecular weight is 283 g/mol. The van der Waals surface area contributed by atoms with Crippen LogP contribution in [0.2, 0.25) is 0 Å². The molecule has 2 aromatic rings. The summed E-state index contributed by atoms with van der Waals surface area (Å²) < 4.78 is 5.15. The van der Waals surface area contributed by atoms with Gasteiger partial charge in [-0.05, 0) is 50.1 Å². The Morgan fingerprint density at radius 2 is 1.90 bits per heavy atom. The van der Waals surface area contributed by atoms with E-state index >= 15 is 0 Å². The first-order chi connectivity index (χ1) is 10.0. The van der Waals surface area contributed by atoms with E-state index in [1.807, 2.05) is 19.1 Å². The molecule has 0 fully saturated rings. The van der Waals surface area contributed by atoms with Gasteiger partial charge in [-0.25, -0.2) is 0 Å². The van der Waals surface area contributed by atoms with Gasteiger partial charge in [0.1, 0.15) is 5.75 Å². The quantitative estimate of drug-likeness (QED) is 0.926. The minimum absolute atomic E-state index is 0.0377. The zero-order valence-electron chi connectivity index (χ0n) is 12.9. The predicted molar refractivity (Wildman–Crippen MR) is 84.8 cm³/mol. The van der Waals surface area contributed by atoms with Gasteiger partial charge in [0, 0.05) is 5.56 Å². The van der Waals surface area contributed by atoms with Crippen LogP contribution in [0.4, 0.5) is 0 Å². The molecule has 0 aliphatic heterocycles. The van der Waals surface area contributed by atoms with Crippen LogP contribution < -0.4 is 10.1 Å². The van der Waals surface area contributed by atoms with Gasteiger partial charge in [0.2, 0.25) is 0 Å². The predicted octanol–water partition coefficient (Wildman–Crippen LogP) is 3.80. The Kier molecular flexibility index (Phi) is 4.63. The van der Waals surface area contributed by atoms with Gasteiger partial charge in [0.15, 0.2) is 0 Å². The topological polar surface area (TPSA) is 38.3 Å². The molecule has 0 bridgehead atoms. The Bertz CT molecular complexity index is 649. The Hall–Kier alpha value is -2.29. The zero-order valence-corrected chi connectivity index (χ0v) is 12.9. The van der Waals surface area contributed by atoms with Crippen molar-refractivity contribution in [2.24, 2.45) is 0 Å². The van der Waals surface area contributed by atoms with Crippen LogP contribution in [0, 0.1) is 13.8 Å². The molecule has 0 saturated heterocycles. The van der Waals surface area contributed by atoms with E-state index in [-0.39, 0.29) is 11.9 Å². The smallest absolute Gasteiger partial charge is 0.251 e. The maximum absolute atomic E-state index is 12.3. The van der Waals surface area contributed by atoms with Crippen molar-refractivity contribution in [1.82, 2.24) is 5.32 Å². The maximum atomic E-state index is 12.3. The lowest BCUT2D eigenvalue weighted by Crippen LogP contribution is -2.27. The van der Waals surface area contributed by atoms with Crippen molar-refractivity contribution in [1.29, 1.82) is 0 Å². The normalized spacial score (nSPS) is 11.8. The van der Waals surface area contributed by atoms with Crippen LogP contribution in [-0.2, 0) is 0 Å². The minimum Gasteiger partial charge on any atom is -0.497 e. The third kappa shape index (κ3) is 3.63. The molecular formula is C18H21NO2. The number of hydrogen-bond acceptors (Lipinski definition) is 2. The van der Waals surface area contributed by atoms with Crippen molar-refractivity contribution >= 4 is 5.91 Å². The van der Waals surface area contributed by atoms with E-state index in [9.17, 15) is 4.79 Å². The van der Waals surface area contributed by atoms with Crippen molar-refractivity contribution in [3.63, 3.8) is 0 Å². The molecule has 0 aliphatic carbocycles. The fourth-order valence-electron chi connectivity index (χ4n) is 2.43. The zero-order chi connectivity index (χ0) is 15.4. The highest BCUT2D eigenvalue weighted by molar-refractivity contribution is 5.94. The molecule has 2 aromatic carbocycles. The van der Waals surface area contributed by atoms with Gasteiger partial charge < -0.3 is 10.1 Å². The highest BCUT2D eigenvalue weighted by Crippen LogP contribution is 2.20. The first-order valence-electron chi connectivity index (χ1n) is 7.03. The lowest BCUT2D eigenvalue weighted by Gasteiger charge is -2.17. The Labute approximate surface area is 126 Å². The van der Waals surface area contributed by atoms with Crippen molar-refractivity contribution in [3.05, 3.63) is 64.7 Å². The molecule has 21 heavy (non-hydrogen) atoms. The van der Waals surface area contributed by atoms with Crippen molar-refractivity contribution < 1.29 is 9.53 Å². The van der Waals surface area contributed by atoms with Crippen LogP contribution >= 0.6 is 0 Å². The van der Waals surface area contributed by atoms with Crippen molar-refractivity contribution in [2.75, 3.05) is 7.11 Å². The Balaban J connectivity index is 2.14. The summed E-state index contributed by atoms with van der Waals surface area (Å²) in [5.74, 6) is 0.586. The highest BCUT2D eigenvalue weighted by atomic mass is 16.5. The van der Waals surface area contributed by atoms with Crippen LogP contribution in [0.15, 0.2) is 42.5 Å². The second-order valence-electron chi connectivity index (χ2n) is 5.29. The molecule has 110 valence electrons. The number of amides is 1. The van der Waals surface area contributed by atoms with Gasteiger partial charge in [-0.1, -0.05) is 29.8 Å². The number of hydrogen-bond donors (Lipinski definition) is 1. The summed E-state index contributed by atoms with van der Waals surface area (Å²) in [6.45, 7) is 6.13. The second kappa shape index (κ2) is 6.44. The number of carbonyl (C=O) groups excluding carboxylic acids is 1. The van der Waals surface area contributed by atoms with Gasteiger partial charge in [-0.2, -0.15) is 0 Å². The first-order valence-corrected chi connectivity index (χ1v) is 7.03. The van der Waals surface area contributed by atoms with Crippen LogP contribution in [0.5, 0.6) is 5.75 Å². The van der Waals surface area contributed by atoms with E-state index in [0.29, 0.717) is 11.3 Å². The van der Waals surface area contributed by atoms with Crippen molar-refractivity contribution in [2.45, 2.75) is 26.8 Å². The van der Waals surface area contributed by atoms with Gasteiger partial charge in [0.25, 0.3) is 5.91 Å². The fraction of sp³-hybridized carbons (Fsp3) is 0.278. The van der Waals surface area contributed by atoms with Crippen LogP contribution in [0.25, 0.3) is 0 Å². The molecule has 3 nitrogen and oxygen atoms in total. The van der Waals surface area contributed by atoms with E-state index in [0.717, 1.165) is 5.56 Å². The Morgan fingerprint density at radius 1 is 1.14 bits per heavy atom. The van der Waals surface area contributed by atoms with Gasteiger partial charge in [0.05, 0.1) is 13.2 Å². The number of benzene rings is 2. The fourth-order valence-corrected chi connectivity index (χ4v) is 2.43. The Morgan fingerprint density at radius 3 is 2.57 bits per heavy atom. The summed E-state index contributed by atoms with van der Waals surface area (Å²) in [5.41, 5.74) is 4.15. The number of aryl methyl sites for hydroxylation is 2. The summed E-state index contributed by atoms with van der Waals surface area (Å²) in [6.07, 6.45) is 0. The minimum atomic E-state index is -0.0959. The SMILES string of the molecule is COc1cccc(C(=O)N[C@@H](C)c2ccc(C)cc2C)c1. The number of rotatable bonds is 4. The summed E-state index contributed by atoms with van der Waals surface area (Å²) in [4.78, 5) is 12.3. The molecule has 0 radical (unpaired) electrons. The summed E-state index contributed by atoms with van der Waals surface area (Å²) in [7, 11) is 1.59. The number of nitrogens with one attached hydrogen (secondary N) is 1. The monoisotopic (exact) mass is 283 g/mol. The molecular weight excluding hydrogens is 262 g/mol. The molecule has 3 heteroatoms. The van der Waals surface area contributed by atoms with E-state index in [1.165, 1.54) is 11.1 Å². The summed E-state index contributed by atoms with van der Waals surface area (Å²) in [6, 6.07) is 13.4. The van der Waals surface area contributed by atoms with Crippen molar-refractivity contribution in [3.8, 4) is 5.75 Å². The van der Waals surface area contributed by atoms with Crippen LogP contribution in [0.1, 0.15) is 40.0 Å². The second-order valence-corrected chi connectivity index (χ2v) is 5.29. The first kappa shape index (κ1) is 15.1. The summed E-state index contributed by atoms with van der Waals surface area (Å²) in [5, 5.41) is 3.03. The van der Waals surface area contributed by atoms with Gasteiger partial charge in [-0.15, -0.1) is 0 Å². The van der Waals surface area contributed by atoms with E-state index in [1.54, 1.807) is 19.2 Å². The molecule has 0 aromatic heterocycles. The largest absolute Gasteiger partial charge is 0.497 e. The molecule has 1 atom stereocenters. The molecule has 1 N–H and O–H groups in total. The maximum Gasteiger partial charge on any atom is 0.251 e. The molecule has 0 aliphatic rings. The average Bonchev–Trinajstić information content (AvgIpc) is 2.47. The third-order valence-electron chi connectivity index (χ3n) is 3.57. The van der Waals surface area contributed by atoms with Gasteiger partial charge in [-0.3, -0.25) is 4.79 Å². The summed E-state index contributed by atoms with van der Waals surface area (Å²) >= 11 is 0. The molecule has 0 saturated carbocycles. The van der Waals surface area contributed by atoms with E-state index in [4.69, 9.17) is 4.74 Å². The lowest BCUT2D eigenvalue weighted by atomic mass is 10.00. The van der Waals surface area contributed by atoms with Gasteiger partial charge >= 0.3 is 0 Å². The van der Waals surface area contributed by atoms with E-state index in [2.05, 4.69) is 37.4 Å². The van der Waals surface area contributed by atoms with E-state index < -0.39 is 0 Å². The third-order valence-corrected chi connectivity index (χ3v) is 3.57.